The molecule has 0 aliphatic rings. The molecule has 2 nitrogen and oxygen atoms in total. The van der Waals surface area contributed by atoms with Gasteiger partial charge in [0.1, 0.15) is 0 Å². The number of hydrogen-bond donors (Lipinski definition) is 1. The molecule has 1 N–H and O–H groups in total. The van der Waals surface area contributed by atoms with Crippen LogP contribution in [-0.2, 0) is 0 Å². The largest absolute Gasteiger partial charge is 0.389 e. The molecule has 0 fully saturated rings. The molecular weight excluding hydrogens is 242 g/mol. The van der Waals surface area contributed by atoms with Crippen LogP contribution >= 0.6 is 11.3 Å². The van der Waals surface area contributed by atoms with E-state index in [2.05, 4.69) is 42.5 Å². The number of aliphatic hydroxyl groups is 1. The van der Waals surface area contributed by atoms with Crippen LogP contribution in [0.4, 0.5) is 5.69 Å². The first-order valence-corrected chi connectivity index (χ1v) is 7.02. The summed E-state index contributed by atoms with van der Waals surface area (Å²) in [5.74, 6) is 0. The lowest BCUT2D eigenvalue weighted by Gasteiger charge is -2.29. The summed E-state index contributed by atoms with van der Waals surface area (Å²) in [6, 6.07) is 12.6. The number of para-hydroxylation sites is 1. The van der Waals surface area contributed by atoms with Crippen LogP contribution in [0, 0.1) is 0 Å². The van der Waals surface area contributed by atoms with Gasteiger partial charge < -0.3 is 10.0 Å². The standard InChI is InChI=1S/C15H19NOS/c1-11(15-9-6-10-18-15)16(3)14-8-5-4-7-13(14)12(2)17/h4-12,17H,1-3H3/t11?,12-/m1/s1. The highest BCUT2D eigenvalue weighted by Gasteiger charge is 2.17. The van der Waals surface area contributed by atoms with Gasteiger partial charge in [-0.1, -0.05) is 24.3 Å². The summed E-state index contributed by atoms with van der Waals surface area (Å²) in [6.07, 6.45) is -0.445. The Morgan fingerprint density at radius 2 is 1.83 bits per heavy atom. The summed E-state index contributed by atoms with van der Waals surface area (Å²) >= 11 is 1.76. The minimum atomic E-state index is -0.445. The molecule has 2 atom stereocenters. The second-order valence-electron chi connectivity index (χ2n) is 4.54. The van der Waals surface area contributed by atoms with Crippen molar-refractivity contribution in [3.8, 4) is 0 Å². The third-order valence-corrected chi connectivity index (χ3v) is 4.35. The van der Waals surface area contributed by atoms with Gasteiger partial charge in [-0.25, -0.2) is 0 Å². The lowest BCUT2D eigenvalue weighted by atomic mass is 10.1. The van der Waals surface area contributed by atoms with Crippen molar-refractivity contribution in [2.24, 2.45) is 0 Å². The highest BCUT2D eigenvalue weighted by molar-refractivity contribution is 7.10. The molecule has 0 amide bonds. The fourth-order valence-corrected chi connectivity index (χ4v) is 2.92. The molecule has 0 spiro atoms. The fourth-order valence-electron chi connectivity index (χ4n) is 2.09. The van der Waals surface area contributed by atoms with E-state index < -0.39 is 6.10 Å². The van der Waals surface area contributed by atoms with Crippen LogP contribution in [0.2, 0.25) is 0 Å². The second kappa shape index (κ2) is 5.55. The zero-order chi connectivity index (χ0) is 13.1. The van der Waals surface area contributed by atoms with E-state index in [-0.39, 0.29) is 0 Å². The number of thiophene rings is 1. The van der Waals surface area contributed by atoms with E-state index in [1.807, 2.05) is 25.1 Å². The van der Waals surface area contributed by atoms with Gasteiger partial charge in [-0.05, 0) is 31.4 Å². The van der Waals surface area contributed by atoms with E-state index >= 15 is 0 Å². The number of benzene rings is 1. The monoisotopic (exact) mass is 261 g/mol. The molecular formula is C15H19NOS. The molecule has 0 bridgehead atoms. The van der Waals surface area contributed by atoms with Crippen molar-refractivity contribution in [1.82, 2.24) is 0 Å². The Bertz CT molecular complexity index is 493. The second-order valence-corrected chi connectivity index (χ2v) is 5.52. The number of hydrogen-bond acceptors (Lipinski definition) is 3. The lowest BCUT2D eigenvalue weighted by molar-refractivity contribution is 0.199. The first-order valence-electron chi connectivity index (χ1n) is 6.14. The van der Waals surface area contributed by atoms with Crippen molar-refractivity contribution >= 4 is 17.0 Å². The molecule has 2 aromatic rings. The average molecular weight is 261 g/mol. The number of aliphatic hydroxyl groups excluding tert-OH is 1. The highest BCUT2D eigenvalue weighted by Crippen LogP contribution is 2.32. The van der Waals surface area contributed by atoms with E-state index in [4.69, 9.17) is 0 Å². The summed E-state index contributed by atoms with van der Waals surface area (Å²) in [4.78, 5) is 3.55. The van der Waals surface area contributed by atoms with Crippen LogP contribution in [0.25, 0.3) is 0 Å². The maximum atomic E-state index is 9.84. The first-order chi connectivity index (χ1) is 8.61. The van der Waals surface area contributed by atoms with Crippen LogP contribution in [0.3, 0.4) is 0 Å². The normalized spacial score (nSPS) is 14.2. The van der Waals surface area contributed by atoms with Crippen molar-refractivity contribution in [3.05, 3.63) is 52.2 Å². The van der Waals surface area contributed by atoms with E-state index in [0.29, 0.717) is 6.04 Å². The van der Waals surface area contributed by atoms with Gasteiger partial charge in [0, 0.05) is 23.2 Å². The first kappa shape index (κ1) is 13.1. The van der Waals surface area contributed by atoms with Gasteiger partial charge in [0.2, 0.25) is 0 Å². The fraction of sp³-hybridized carbons (Fsp3) is 0.333. The van der Waals surface area contributed by atoms with Crippen molar-refractivity contribution in [2.45, 2.75) is 26.0 Å². The van der Waals surface area contributed by atoms with Crippen LogP contribution in [0.5, 0.6) is 0 Å². The molecule has 3 heteroatoms. The third-order valence-electron chi connectivity index (χ3n) is 3.30. The zero-order valence-corrected chi connectivity index (χ0v) is 11.8. The average Bonchev–Trinajstić information content (AvgIpc) is 2.90. The Hall–Kier alpha value is -1.32. The number of anilines is 1. The van der Waals surface area contributed by atoms with E-state index in [9.17, 15) is 5.11 Å². The van der Waals surface area contributed by atoms with Gasteiger partial charge >= 0.3 is 0 Å². The Kier molecular flexibility index (Phi) is 4.04. The van der Waals surface area contributed by atoms with Crippen molar-refractivity contribution in [2.75, 3.05) is 11.9 Å². The Morgan fingerprint density at radius 1 is 1.11 bits per heavy atom. The van der Waals surface area contributed by atoms with Gasteiger partial charge in [0.15, 0.2) is 0 Å². The van der Waals surface area contributed by atoms with E-state index in [0.717, 1.165) is 11.3 Å². The summed E-state index contributed by atoms with van der Waals surface area (Å²) in [5.41, 5.74) is 2.07. The molecule has 0 saturated carbocycles. The lowest BCUT2D eigenvalue weighted by Crippen LogP contribution is -2.22. The summed E-state index contributed by atoms with van der Waals surface area (Å²) in [6.45, 7) is 3.99. The molecule has 1 heterocycles. The van der Waals surface area contributed by atoms with Gasteiger partial charge in [-0.2, -0.15) is 0 Å². The quantitative estimate of drug-likeness (QED) is 0.899. The Morgan fingerprint density at radius 3 is 2.44 bits per heavy atom. The summed E-state index contributed by atoms with van der Waals surface area (Å²) in [7, 11) is 2.08. The molecule has 0 aliphatic heterocycles. The maximum Gasteiger partial charge on any atom is 0.0781 e. The van der Waals surface area contributed by atoms with Crippen molar-refractivity contribution in [1.29, 1.82) is 0 Å². The van der Waals surface area contributed by atoms with E-state index in [1.54, 1.807) is 11.3 Å². The summed E-state index contributed by atoms with van der Waals surface area (Å²) in [5, 5.41) is 11.9. The zero-order valence-electron chi connectivity index (χ0n) is 11.0. The molecule has 1 aromatic heterocycles. The van der Waals surface area contributed by atoms with Crippen molar-refractivity contribution in [3.63, 3.8) is 0 Å². The minimum absolute atomic E-state index is 0.310. The van der Waals surface area contributed by atoms with Crippen LogP contribution in [0.1, 0.15) is 36.4 Å². The number of nitrogens with zero attached hydrogens (tertiary/aromatic N) is 1. The molecule has 1 unspecified atom stereocenters. The highest BCUT2D eigenvalue weighted by atomic mass is 32.1. The SMILES string of the molecule is CC(c1cccs1)N(C)c1ccccc1[C@@H](C)O. The molecule has 1 aromatic carbocycles. The predicted octanol–water partition coefficient (Wildman–Crippen LogP) is 4.00. The van der Waals surface area contributed by atoms with Crippen LogP contribution < -0.4 is 4.90 Å². The van der Waals surface area contributed by atoms with E-state index in [1.165, 1.54) is 4.88 Å². The molecule has 2 rings (SSSR count). The van der Waals surface area contributed by atoms with Gasteiger partial charge in [-0.3, -0.25) is 0 Å². The Labute approximate surface area is 113 Å². The maximum absolute atomic E-state index is 9.84. The molecule has 0 saturated heterocycles. The van der Waals surface area contributed by atoms with Gasteiger partial charge in [-0.15, -0.1) is 11.3 Å². The topological polar surface area (TPSA) is 23.5 Å². The van der Waals surface area contributed by atoms with Crippen LogP contribution in [-0.4, -0.2) is 12.2 Å². The van der Waals surface area contributed by atoms with Crippen molar-refractivity contribution < 1.29 is 5.11 Å². The molecule has 0 radical (unpaired) electrons. The van der Waals surface area contributed by atoms with Gasteiger partial charge in [0.05, 0.1) is 12.1 Å². The minimum Gasteiger partial charge on any atom is -0.389 e. The molecule has 96 valence electrons. The number of rotatable bonds is 4. The predicted molar refractivity (Wildman–Crippen MR) is 78.2 cm³/mol. The summed E-state index contributed by atoms with van der Waals surface area (Å²) < 4.78 is 0. The molecule has 0 aliphatic carbocycles. The van der Waals surface area contributed by atoms with Gasteiger partial charge in [0.25, 0.3) is 0 Å². The molecule has 18 heavy (non-hydrogen) atoms. The Balaban J connectivity index is 2.31. The third kappa shape index (κ3) is 2.57. The van der Waals surface area contributed by atoms with Crippen LogP contribution in [0.15, 0.2) is 41.8 Å². The smallest absolute Gasteiger partial charge is 0.0781 e.